The molecule has 0 aliphatic heterocycles. The highest BCUT2D eigenvalue weighted by Gasteiger charge is 2.10. The van der Waals surface area contributed by atoms with Crippen molar-refractivity contribution in [1.82, 2.24) is 4.98 Å². The van der Waals surface area contributed by atoms with E-state index < -0.39 is 0 Å². The molecule has 0 bridgehead atoms. The molecule has 0 aliphatic carbocycles. The van der Waals surface area contributed by atoms with E-state index in [2.05, 4.69) is 10.3 Å². The van der Waals surface area contributed by atoms with Gasteiger partial charge in [0.2, 0.25) is 0 Å². The molecular weight excluding hydrogens is 255 g/mol. The zero-order chi connectivity index (χ0) is 12.3. The fraction of sp³-hybridized carbons (Fsp3) is 0.154. The van der Waals surface area contributed by atoms with E-state index in [1.807, 2.05) is 31.2 Å². The van der Waals surface area contributed by atoms with Crippen LogP contribution >= 0.6 is 23.2 Å². The van der Waals surface area contributed by atoms with Crippen LogP contribution in [0.1, 0.15) is 18.5 Å². The van der Waals surface area contributed by atoms with Crippen molar-refractivity contribution in [3.63, 3.8) is 0 Å². The second kappa shape index (κ2) is 5.39. The lowest BCUT2D eigenvalue weighted by molar-refractivity contribution is 0.875. The summed E-state index contributed by atoms with van der Waals surface area (Å²) in [5, 5.41) is 4.58. The molecule has 1 aromatic heterocycles. The maximum absolute atomic E-state index is 6.13. The zero-order valence-corrected chi connectivity index (χ0v) is 10.8. The van der Waals surface area contributed by atoms with Crippen LogP contribution in [0.2, 0.25) is 10.0 Å². The Morgan fingerprint density at radius 2 is 1.76 bits per heavy atom. The number of halogens is 2. The smallest absolute Gasteiger partial charge is 0.145 e. The number of nitrogens with one attached hydrogen (secondary N) is 1. The van der Waals surface area contributed by atoms with Crippen LogP contribution in [-0.2, 0) is 0 Å². The molecule has 1 heterocycles. The Bertz CT molecular complexity index is 514. The van der Waals surface area contributed by atoms with E-state index in [4.69, 9.17) is 23.2 Å². The number of aromatic nitrogens is 1. The minimum absolute atomic E-state index is 0.0519. The lowest BCUT2D eigenvalue weighted by Gasteiger charge is -2.16. The third kappa shape index (κ3) is 2.90. The summed E-state index contributed by atoms with van der Waals surface area (Å²) in [5.74, 6) is 0.668. The van der Waals surface area contributed by atoms with Crippen LogP contribution in [0.5, 0.6) is 0 Å². The van der Waals surface area contributed by atoms with Gasteiger partial charge in [0.1, 0.15) is 5.82 Å². The summed E-state index contributed by atoms with van der Waals surface area (Å²) in [7, 11) is 0. The molecule has 0 fully saturated rings. The third-order valence-electron chi connectivity index (χ3n) is 2.48. The van der Waals surface area contributed by atoms with Crippen LogP contribution in [-0.4, -0.2) is 4.98 Å². The number of nitrogens with zero attached hydrogens (tertiary/aromatic N) is 1. The molecule has 1 N–H and O–H groups in total. The number of benzene rings is 1. The Labute approximate surface area is 111 Å². The molecule has 2 rings (SSSR count). The highest BCUT2D eigenvalue weighted by Crippen LogP contribution is 2.27. The Kier molecular flexibility index (Phi) is 3.87. The predicted molar refractivity (Wildman–Crippen MR) is 72.7 cm³/mol. The second-order valence-corrected chi connectivity index (χ2v) is 4.54. The van der Waals surface area contributed by atoms with Crippen molar-refractivity contribution >= 4 is 29.0 Å². The van der Waals surface area contributed by atoms with Crippen LogP contribution in [0, 0.1) is 0 Å². The van der Waals surface area contributed by atoms with Gasteiger partial charge in [-0.25, -0.2) is 4.98 Å². The molecule has 1 aromatic carbocycles. The van der Waals surface area contributed by atoms with Gasteiger partial charge in [0.15, 0.2) is 0 Å². The molecule has 88 valence electrons. The summed E-state index contributed by atoms with van der Waals surface area (Å²) in [6.45, 7) is 2.02. The molecule has 0 amide bonds. The first kappa shape index (κ1) is 12.2. The van der Waals surface area contributed by atoms with Gasteiger partial charge in [-0.3, -0.25) is 0 Å². The van der Waals surface area contributed by atoms with Gasteiger partial charge in [-0.1, -0.05) is 41.4 Å². The van der Waals surface area contributed by atoms with Gasteiger partial charge in [0.05, 0.1) is 11.1 Å². The fourth-order valence-corrected chi connectivity index (χ4v) is 2.08. The van der Waals surface area contributed by atoms with E-state index in [1.165, 1.54) is 0 Å². The van der Waals surface area contributed by atoms with Crippen molar-refractivity contribution in [3.05, 3.63) is 58.2 Å². The number of pyridine rings is 1. The molecule has 4 heteroatoms. The Balaban J connectivity index is 2.20. The summed E-state index contributed by atoms with van der Waals surface area (Å²) in [6.07, 6.45) is 1.70. The Hall–Kier alpha value is -1.25. The van der Waals surface area contributed by atoms with Gasteiger partial charge in [-0.05, 0) is 30.7 Å². The lowest BCUT2D eigenvalue weighted by atomic mass is 10.1. The van der Waals surface area contributed by atoms with Gasteiger partial charge in [0, 0.05) is 11.2 Å². The molecule has 2 nitrogen and oxygen atoms in total. The minimum atomic E-state index is 0.0519. The van der Waals surface area contributed by atoms with Gasteiger partial charge in [-0.15, -0.1) is 0 Å². The SMILES string of the molecule is CC(Nc1ncccc1Cl)c1ccccc1Cl. The largest absolute Gasteiger partial charge is 0.362 e. The molecule has 2 aromatic rings. The molecule has 0 spiro atoms. The van der Waals surface area contributed by atoms with E-state index in [-0.39, 0.29) is 6.04 Å². The highest BCUT2D eigenvalue weighted by atomic mass is 35.5. The van der Waals surface area contributed by atoms with Crippen LogP contribution in [0.4, 0.5) is 5.82 Å². The normalized spacial score (nSPS) is 12.2. The number of hydrogen-bond donors (Lipinski definition) is 1. The zero-order valence-electron chi connectivity index (χ0n) is 9.32. The second-order valence-electron chi connectivity index (χ2n) is 3.72. The number of hydrogen-bond acceptors (Lipinski definition) is 2. The summed E-state index contributed by atoms with van der Waals surface area (Å²) < 4.78 is 0. The first-order chi connectivity index (χ1) is 8.18. The molecule has 1 unspecified atom stereocenters. The number of anilines is 1. The van der Waals surface area contributed by atoms with E-state index >= 15 is 0 Å². The quantitative estimate of drug-likeness (QED) is 0.881. The van der Waals surface area contributed by atoms with Gasteiger partial charge >= 0.3 is 0 Å². The van der Waals surface area contributed by atoms with Crippen LogP contribution in [0.15, 0.2) is 42.6 Å². The molecule has 1 atom stereocenters. The minimum Gasteiger partial charge on any atom is -0.362 e. The van der Waals surface area contributed by atoms with Gasteiger partial charge in [-0.2, -0.15) is 0 Å². The molecule has 0 saturated heterocycles. The maximum Gasteiger partial charge on any atom is 0.145 e. The van der Waals surface area contributed by atoms with Crippen molar-refractivity contribution in [2.45, 2.75) is 13.0 Å². The van der Waals surface area contributed by atoms with Crippen LogP contribution < -0.4 is 5.32 Å². The van der Waals surface area contributed by atoms with Crippen molar-refractivity contribution < 1.29 is 0 Å². The van der Waals surface area contributed by atoms with Crippen molar-refractivity contribution in [3.8, 4) is 0 Å². The third-order valence-corrected chi connectivity index (χ3v) is 3.13. The van der Waals surface area contributed by atoms with E-state index in [0.717, 1.165) is 10.6 Å². The monoisotopic (exact) mass is 266 g/mol. The lowest BCUT2D eigenvalue weighted by Crippen LogP contribution is -2.08. The first-order valence-corrected chi connectivity index (χ1v) is 6.05. The van der Waals surface area contributed by atoms with E-state index in [9.17, 15) is 0 Å². The average Bonchev–Trinajstić information content (AvgIpc) is 2.32. The summed E-state index contributed by atoms with van der Waals surface area (Å²) >= 11 is 12.2. The molecule has 0 aliphatic rings. The molecule has 17 heavy (non-hydrogen) atoms. The predicted octanol–water partition coefficient (Wildman–Crippen LogP) is 4.56. The topological polar surface area (TPSA) is 24.9 Å². The van der Waals surface area contributed by atoms with Crippen molar-refractivity contribution in [2.24, 2.45) is 0 Å². The maximum atomic E-state index is 6.13. The van der Waals surface area contributed by atoms with Crippen LogP contribution in [0.25, 0.3) is 0 Å². The molecular formula is C13H12Cl2N2. The van der Waals surface area contributed by atoms with Gasteiger partial charge < -0.3 is 5.32 Å². The van der Waals surface area contributed by atoms with E-state index in [0.29, 0.717) is 10.8 Å². The summed E-state index contributed by atoms with van der Waals surface area (Å²) in [5.41, 5.74) is 1.02. The van der Waals surface area contributed by atoms with Crippen molar-refractivity contribution in [2.75, 3.05) is 5.32 Å². The number of rotatable bonds is 3. The fourth-order valence-electron chi connectivity index (χ4n) is 1.60. The standard InChI is InChI=1S/C13H12Cl2N2/c1-9(10-5-2-3-6-11(10)14)17-13-12(15)7-4-8-16-13/h2-9H,1H3,(H,16,17). The van der Waals surface area contributed by atoms with Gasteiger partial charge in [0.25, 0.3) is 0 Å². The average molecular weight is 267 g/mol. The first-order valence-electron chi connectivity index (χ1n) is 5.30. The Morgan fingerprint density at radius 3 is 2.47 bits per heavy atom. The van der Waals surface area contributed by atoms with Crippen molar-refractivity contribution in [1.29, 1.82) is 0 Å². The highest BCUT2D eigenvalue weighted by molar-refractivity contribution is 6.33. The summed E-state index contributed by atoms with van der Waals surface area (Å²) in [6, 6.07) is 11.4. The van der Waals surface area contributed by atoms with E-state index in [1.54, 1.807) is 18.3 Å². The summed E-state index contributed by atoms with van der Waals surface area (Å²) in [4.78, 5) is 4.19. The molecule has 0 saturated carbocycles. The van der Waals surface area contributed by atoms with Crippen LogP contribution in [0.3, 0.4) is 0 Å². The molecule has 0 radical (unpaired) electrons. The Morgan fingerprint density at radius 1 is 1.06 bits per heavy atom.